The number of rotatable bonds is 2. The fourth-order valence-corrected chi connectivity index (χ4v) is 4.47. The van der Waals surface area contributed by atoms with Gasteiger partial charge in [-0.2, -0.15) is 5.10 Å². The van der Waals surface area contributed by atoms with Crippen molar-refractivity contribution in [3.63, 3.8) is 0 Å². The lowest BCUT2D eigenvalue weighted by atomic mass is 9.83. The van der Waals surface area contributed by atoms with E-state index in [1.807, 2.05) is 56.3 Å². The van der Waals surface area contributed by atoms with Gasteiger partial charge < -0.3 is 9.88 Å². The maximum Gasteiger partial charge on any atom is 0.275 e. The van der Waals surface area contributed by atoms with E-state index in [2.05, 4.69) is 16.2 Å². The number of hydrogen-bond donors (Lipinski definition) is 1. The van der Waals surface area contributed by atoms with E-state index in [-0.39, 0.29) is 18.4 Å². The van der Waals surface area contributed by atoms with E-state index in [4.69, 9.17) is 0 Å². The molecule has 146 valence electrons. The number of benzene rings is 2. The van der Waals surface area contributed by atoms with Crippen LogP contribution < -0.4 is 0 Å². The molecule has 2 aliphatic heterocycles. The molecule has 1 fully saturated rings. The third-order valence-corrected chi connectivity index (χ3v) is 6.09. The summed E-state index contributed by atoms with van der Waals surface area (Å²) in [6, 6.07) is 15.9. The first-order valence-electron chi connectivity index (χ1n) is 9.81. The Kier molecular flexibility index (Phi) is 3.84. The van der Waals surface area contributed by atoms with Crippen LogP contribution in [-0.4, -0.2) is 46.0 Å². The summed E-state index contributed by atoms with van der Waals surface area (Å²) in [7, 11) is 0. The Labute approximate surface area is 168 Å². The summed E-state index contributed by atoms with van der Waals surface area (Å²) in [6.07, 6.45) is 2.37. The van der Waals surface area contributed by atoms with Gasteiger partial charge in [0.15, 0.2) is 5.54 Å². The number of hydrogen-bond acceptors (Lipinski definition) is 3. The number of H-pyrrole nitrogens is 1. The Bertz CT molecular complexity index is 1160. The van der Waals surface area contributed by atoms with Gasteiger partial charge in [0.25, 0.3) is 5.91 Å². The highest BCUT2D eigenvalue weighted by Gasteiger charge is 2.54. The lowest BCUT2D eigenvalue weighted by molar-refractivity contribution is -0.165. The quantitative estimate of drug-likeness (QED) is 0.688. The Morgan fingerprint density at radius 1 is 1.10 bits per heavy atom. The monoisotopic (exact) mass is 386 g/mol. The molecular weight excluding hydrogens is 364 g/mol. The zero-order chi connectivity index (χ0) is 20.2. The minimum absolute atomic E-state index is 0.0354. The number of para-hydroxylation sites is 1. The number of aromatic amines is 1. The molecule has 29 heavy (non-hydrogen) atoms. The zero-order valence-corrected chi connectivity index (χ0v) is 16.5. The minimum Gasteiger partial charge on any atom is -0.356 e. The molecule has 6 nitrogen and oxygen atoms in total. The van der Waals surface area contributed by atoms with Crippen molar-refractivity contribution >= 4 is 28.9 Å². The molecule has 0 bridgehead atoms. The fourth-order valence-electron chi connectivity index (χ4n) is 4.47. The number of aryl methyl sites for hydroxylation is 1. The van der Waals surface area contributed by atoms with E-state index in [0.29, 0.717) is 6.54 Å². The molecule has 1 saturated heterocycles. The number of nitrogens with one attached hydrogen (secondary N) is 1. The second-order valence-corrected chi connectivity index (χ2v) is 7.91. The van der Waals surface area contributed by atoms with Crippen molar-refractivity contribution in [2.45, 2.75) is 25.8 Å². The summed E-state index contributed by atoms with van der Waals surface area (Å²) in [5, 5.41) is 6.79. The van der Waals surface area contributed by atoms with Gasteiger partial charge in [-0.1, -0.05) is 48.0 Å². The van der Waals surface area contributed by atoms with Crippen LogP contribution in [0.3, 0.4) is 0 Å². The van der Waals surface area contributed by atoms with Crippen LogP contribution in [0.25, 0.3) is 10.9 Å². The molecule has 6 heteroatoms. The first kappa shape index (κ1) is 17.7. The molecule has 2 aliphatic rings. The van der Waals surface area contributed by atoms with Gasteiger partial charge in [0, 0.05) is 17.4 Å². The van der Waals surface area contributed by atoms with Crippen LogP contribution in [-0.2, 0) is 21.5 Å². The van der Waals surface area contributed by atoms with Gasteiger partial charge >= 0.3 is 0 Å². The molecule has 1 aromatic heterocycles. The average molecular weight is 386 g/mol. The van der Waals surface area contributed by atoms with Gasteiger partial charge in [-0.3, -0.25) is 9.59 Å². The molecule has 5 rings (SSSR count). The molecule has 2 aromatic carbocycles. The molecule has 1 atom stereocenters. The van der Waals surface area contributed by atoms with Crippen molar-refractivity contribution in [2.75, 3.05) is 13.1 Å². The summed E-state index contributed by atoms with van der Waals surface area (Å²) >= 11 is 0. The summed E-state index contributed by atoms with van der Waals surface area (Å²) in [4.78, 5) is 31.6. The highest BCUT2D eigenvalue weighted by molar-refractivity contribution is 6.01. The highest BCUT2D eigenvalue weighted by atomic mass is 16.2. The van der Waals surface area contributed by atoms with Crippen molar-refractivity contribution in [3.05, 3.63) is 70.9 Å². The Morgan fingerprint density at radius 3 is 2.66 bits per heavy atom. The maximum absolute atomic E-state index is 13.5. The largest absolute Gasteiger partial charge is 0.356 e. The van der Waals surface area contributed by atoms with Crippen LogP contribution in [0.2, 0.25) is 0 Å². The molecule has 0 saturated carbocycles. The predicted octanol–water partition coefficient (Wildman–Crippen LogP) is 2.95. The third-order valence-electron chi connectivity index (χ3n) is 6.09. The second-order valence-electron chi connectivity index (χ2n) is 7.91. The fraction of sp³-hybridized carbons (Fsp3) is 0.261. The zero-order valence-electron chi connectivity index (χ0n) is 16.5. The first-order chi connectivity index (χ1) is 14.0. The van der Waals surface area contributed by atoms with Crippen molar-refractivity contribution < 1.29 is 9.59 Å². The Balaban J connectivity index is 1.56. The standard InChI is InChI=1S/C23H22N4O2/c1-15-7-9-16(10-8-15)13-24-27-14-20(28)26-12-11-18-17-5-3-4-6-19(17)25-21(18)23(26,2)22(27)29/h3-10,13,25H,11-12,14H2,1-2H3/b24-13-/t23-/m1/s1. The van der Waals surface area contributed by atoms with Crippen molar-refractivity contribution in [2.24, 2.45) is 5.10 Å². The van der Waals surface area contributed by atoms with E-state index >= 15 is 0 Å². The van der Waals surface area contributed by atoms with Crippen molar-refractivity contribution in [1.82, 2.24) is 14.9 Å². The molecule has 0 radical (unpaired) electrons. The lowest BCUT2D eigenvalue weighted by Gasteiger charge is -2.48. The summed E-state index contributed by atoms with van der Waals surface area (Å²) in [5.74, 6) is -0.273. The van der Waals surface area contributed by atoms with E-state index in [1.165, 1.54) is 5.01 Å². The van der Waals surface area contributed by atoms with Gasteiger partial charge in [0.05, 0.1) is 11.9 Å². The minimum atomic E-state index is -1.08. The topological polar surface area (TPSA) is 68.8 Å². The predicted molar refractivity (Wildman–Crippen MR) is 112 cm³/mol. The number of nitrogens with zero attached hydrogens (tertiary/aromatic N) is 3. The molecule has 0 spiro atoms. The van der Waals surface area contributed by atoms with Gasteiger partial charge in [0.2, 0.25) is 5.91 Å². The number of carbonyl (C=O) groups is 2. The molecule has 0 unspecified atom stereocenters. The van der Waals surface area contributed by atoms with Crippen LogP contribution in [0.15, 0.2) is 53.6 Å². The summed E-state index contributed by atoms with van der Waals surface area (Å²) < 4.78 is 0. The van der Waals surface area contributed by atoms with E-state index in [0.717, 1.165) is 39.7 Å². The molecule has 2 amide bonds. The number of carbonyl (C=O) groups excluding carboxylic acids is 2. The van der Waals surface area contributed by atoms with Crippen LogP contribution in [0.1, 0.15) is 29.3 Å². The third kappa shape index (κ3) is 2.59. The van der Waals surface area contributed by atoms with Crippen LogP contribution in [0.4, 0.5) is 0 Å². The number of aromatic nitrogens is 1. The van der Waals surface area contributed by atoms with Gasteiger partial charge in [-0.05, 0) is 37.5 Å². The van der Waals surface area contributed by atoms with E-state index in [1.54, 1.807) is 11.1 Å². The smallest absolute Gasteiger partial charge is 0.275 e. The van der Waals surface area contributed by atoms with Crippen molar-refractivity contribution in [3.8, 4) is 0 Å². The molecule has 1 N–H and O–H groups in total. The van der Waals surface area contributed by atoms with Gasteiger partial charge in [-0.15, -0.1) is 0 Å². The number of piperazine rings is 1. The average Bonchev–Trinajstić information content (AvgIpc) is 3.11. The Hall–Kier alpha value is -3.41. The molecular formula is C23H22N4O2. The second kappa shape index (κ2) is 6.30. The molecule has 0 aliphatic carbocycles. The maximum atomic E-state index is 13.5. The van der Waals surface area contributed by atoms with Crippen LogP contribution in [0.5, 0.6) is 0 Å². The Morgan fingerprint density at radius 2 is 1.86 bits per heavy atom. The van der Waals surface area contributed by atoms with Crippen molar-refractivity contribution in [1.29, 1.82) is 0 Å². The van der Waals surface area contributed by atoms with E-state index < -0.39 is 5.54 Å². The molecule has 3 heterocycles. The number of fused-ring (bicyclic) bond motifs is 5. The van der Waals surface area contributed by atoms with E-state index in [9.17, 15) is 9.59 Å². The summed E-state index contributed by atoms with van der Waals surface area (Å²) in [6.45, 7) is 4.34. The first-order valence-corrected chi connectivity index (χ1v) is 9.81. The number of hydrazone groups is 1. The highest BCUT2D eigenvalue weighted by Crippen LogP contribution is 2.41. The lowest BCUT2D eigenvalue weighted by Crippen LogP contribution is -2.65. The SMILES string of the molecule is Cc1ccc(/C=N\N2CC(=O)N3CCc4c([nH]c5ccccc45)[C@]3(C)C2=O)cc1. The van der Waals surface area contributed by atoms with Gasteiger partial charge in [-0.25, -0.2) is 5.01 Å². The van der Waals surface area contributed by atoms with Gasteiger partial charge in [0.1, 0.15) is 6.54 Å². The van der Waals surface area contributed by atoms with Crippen LogP contribution in [0, 0.1) is 6.92 Å². The summed E-state index contributed by atoms with van der Waals surface area (Å²) in [5.41, 5.74) is 3.87. The normalized spacial score (nSPS) is 21.7. The van der Waals surface area contributed by atoms with Crippen LogP contribution >= 0.6 is 0 Å². The molecule has 3 aromatic rings. The number of amides is 2.